The van der Waals surface area contributed by atoms with Crippen molar-refractivity contribution in [3.8, 4) is 5.75 Å². The van der Waals surface area contributed by atoms with Crippen LogP contribution < -0.4 is 5.32 Å². The normalized spacial score (nSPS) is 10.3. The van der Waals surface area contributed by atoms with E-state index >= 15 is 0 Å². The summed E-state index contributed by atoms with van der Waals surface area (Å²) in [5.41, 5.74) is 1.56. The second kappa shape index (κ2) is 5.51. The number of benzene rings is 2. The predicted molar refractivity (Wildman–Crippen MR) is 77.3 cm³/mol. The summed E-state index contributed by atoms with van der Waals surface area (Å²) in [6.07, 6.45) is 0. The lowest BCUT2D eigenvalue weighted by atomic mass is 10.1. The van der Waals surface area contributed by atoms with Crippen molar-refractivity contribution >= 4 is 34.8 Å². The van der Waals surface area contributed by atoms with Gasteiger partial charge in [-0.05, 0) is 37.3 Å². The number of rotatable bonds is 2. The standard InChI is InChI=1S/C14H11Cl2NO2/c1-8-12(3-2-4-13(8)18)17-14(19)9-5-6-10(15)11(16)7-9/h2-7,18H,1H3,(H,17,19). The number of carbonyl (C=O) groups is 1. The SMILES string of the molecule is Cc1c(O)cccc1NC(=O)c1ccc(Cl)c(Cl)c1. The molecule has 0 saturated carbocycles. The van der Waals surface area contributed by atoms with Gasteiger partial charge in [0.2, 0.25) is 0 Å². The first-order chi connectivity index (χ1) is 8.99. The summed E-state index contributed by atoms with van der Waals surface area (Å²) in [5.74, 6) is -0.181. The van der Waals surface area contributed by atoms with Crippen LogP contribution in [0.15, 0.2) is 36.4 Å². The van der Waals surface area contributed by atoms with Gasteiger partial charge in [-0.1, -0.05) is 29.3 Å². The van der Waals surface area contributed by atoms with Crippen molar-refractivity contribution in [3.05, 3.63) is 57.6 Å². The molecular weight excluding hydrogens is 285 g/mol. The van der Waals surface area contributed by atoms with Crippen molar-refractivity contribution in [2.24, 2.45) is 0 Å². The molecular formula is C14H11Cl2NO2. The molecule has 2 N–H and O–H groups in total. The minimum Gasteiger partial charge on any atom is -0.508 e. The van der Waals surface area contributed by atoms with Crippen LogP contribution in [0.3, 0.4) is 0 Å². The van der Waals surface area contributed by atoms with E-state index < -0.39 is 0 Å². The number of phenolic OH excluding ortho intramolecular Hbond substituents is 1. The number of halogens is 2. The molecule has 0 saturated heterocycles. The summed E-state index contributed by atoms with van der Waals surface area (Å²) in [6.45, 7) is 1.72. The Hall–Kier alpha value is -1.71. The second-order valence-corrected chi connectivity index (χ2v) is 4.85. The highest BCUT2D eigenvalue weighted by Gasteiger charge is 2.10. The average molecular weight is 296 g/mol. The van der Waals surface area contributed by atoms with Crippen molar-refractivity contribution in [1.82, 2.24) is 0 Å². The Morgan fingerprint density at radius 1 is 1.16 bits per heavy atom. The second-order valence-electron chi connectivity index (χ2n) is 4.03. The van der Waals surface area contributed by atoms with Crippen LogP contribution in [0.4, 0.5) is 5.69 Å². The predicted octanol–water partition coefficient (Wildman–Crippen LogP) is 4.26. The van der Waals surface area contributed by atoms with Crippen LogP contribution in [0.1, 0.15) is 15.9 Å². The smallest absolute Gasteiger partial charge is 0.255 e. The maximum atomic E-state index is 12.0. The molecule has 0 aliphatic heterocycles. The highest BCUT2D eigenvalue weighted by Crippen LogP contribution is 2.26. The Morgan fingerprint density at radius 2 is 1.89 bits per heavy atom. The van der Waals surface area contributed by atoms with Gasteiger partial charge in [-0.2, -0.15) is 0 Å². The number of amides is 1. The van der Waals surface area contributed by atoms with Gasteiger partial charge < -0.3 is 10.4 Å². The van der Waals surface area contributed by atoms with Gasteiger partial charge >= 0.3 is 0 Å². The summed E-state index contributed by atoms with van der Waals surface area (Å²) in [5, 5.41) is 13.0. The van der Waals surface area contributed by atoms with E-state index in [2.05, 4.69) is 5.32 Å². The fourth-order valence-electron chi connectivity index (χ4n) is 1.59. The summed E-state index contributed by atoms with van der Waals surface area (Å²) in [4.78, 5) is 12.0. The van der Waals surface area contributed by atoms with Crippen LogP contribution >= 0.6 is 23.2 Å². The Balaban J connectivity index is 2.26. The van der Waals surface area contributed by atoms with Crippen molar-refractivity contribution in [1.29, 1.82) is 0 Å². The molecule has 0 unspecified atom stereocenters. The number of hydrogen-bond donors (Lipinski definition) is 2. The summed E-state index contributed by atoms with van der Waals surface area (Å²) in [6, 6.07) is 9.58. The molecule has 0 aromatic heterocycles. The molecule has 0 spiro atoms. The highest BCUT2D eigenvalue weighted by molar-refractivity contribution is 6.42. The van der Waals surface area contributed by atoms with Crippen LogP contribution in [0.25, 0.3) is 0 Å². The maximum Gasteiger partial charge on any atom is 0.255 e. The van der Waals surface area contributed by atoms with Crippen molar-refractivity contribution in [2.45, 2.75) is 6.92 Å². The minimum absolute atomic E-state index is 0.131. The fraction of sp³-hybridized carbons (Fsp3) is 0.0714. The van der Waals surface area contributed by atoms with Crippen LogP contribution in [-0.2, 0) is 0 Å². The largest absolute Gasteiger partial charge is 0.508 e. The molecule has 0 fully saturated rings. The Kier molecular flexibility index (Phi) is 3.98. The third-order valence-corrected chi connectivity index (χ3v) is 3.47. The van der Waals surface area contributed by atoms with Crippen LogP contribution in [0, 0.1) is 6.92 Å². The number of nitrogens with one attached hydrogen (secondary N) is 1. The molecule has 1 amide bonds. The van der Waals surface area contributed by atoms with Crippen LogP contribution in [0.5, 0.6) is 5.75 Å². The van der Waals surface area contributed by atoms with E-state index in [-0.39, 0.29) is 11.7 Å². The summed E-state index contributed by atoms with van der Waals surface area (Å²) in [7, 11) is 0. The van der Waals surface area contributed by atoms with E-state index in [9.17, 15) is 9.90 Å². The highest BCUT2D eigenvalue weighted by atomic mass is 35.5. The van der Waals surface area contributed by atoms with Crippen molar-refractivity contribution < 1.29 is 9.90 Å². The van der Waals surface area contributed by atoms with E-state index in [4.69, 9.17) is 23.2 Å². The van der Waals surface area contributed by atoms with Crippen LogP contribution in [0.2, 0.25) is 10.0 Å². The molecule has 2 aromatic carbocycles. The molecule has 0 atom stereocenters. The Morgan fingerprint density at radius 3 is 2.58 bits per heavy atom. The van der Waals surface area contributed by atoms with Gasteiger partial charge in [0.15, 0.2) is 0 Å². The topological polar surface area (TPSA) is 49.3 Å². The number of phenols is 1. The molecule has 0 aliphatic carbocycles. The number of aromatic hydroxyl groups is 1. The molecule has 0 heterocycles. The number of anilines is 1. The first kappa shape index (κ1) is 13.7. The zero-order valence-electron chi connectivity index (χ0n) is 10.1. The average Bonchev–Trinajstić information content (AvgIpc) is 2.38. The molecule has 3 nitrogen and oxygen atoms in total. The maximum absolute atomic E-state index is 12.0. The summed E-state index contributed by atoms with van der Waals surface area (Å²) >= 11 is 11.7. The van der Waals surface area contributed by atoms with E-state index in [1.807, 2.05) is 0 Å². The molecule has 2 rings (SSSR count). The van der Waals surface area contributed by atoms with Gasteiger partial charge in [0.1, 0.15) is 5.75 Å². The number of hydrogen-bond acceptors (Lipinski definition) is 2. The third-order valence-electron chi connectivity index (χ3n) is 2.74. The van der Waals surface area contributed by atoms with Crippen molar-refractivity contribution in [2.75, 3.05) is 5.32 Å². The molecule has 5 heteroatoms. The van der Waals surface area contributed by atoms with E-state index in [1.54, 1.807) is 37.3 Å². The fourth-order valence-corrected chi connectivity index (χ4v) is 1.89. The lowest BCUT2D eigenvalue weighted by Gasteiger charge is -2.09. The molecule has 0 radical (unpaired) electrons. The third kappa shape index (κ3) is 3.00. The molecule has 98 valence electrons. The molecule has 0 bridgehead atoms. The lowest BCUT2D eigenvalue weighted by Crippen LogP contribution is -2.12. The first-order valence-electron chi connectivity index (χ1n) is 5.54. The van der Waals surface area contributed by atoms with Crippen LogP contribution in [-0.4, -0.2) is 11.0 Å². The Bertz CT molecular complexity index is 641. The molecule has 0 aliphatic rings. The van der Waals surface area contributed by atoms with E-state index in [0.29, 0.717) is 26.9 Å². The van der Waals surface area contributed by atoms with Gasteiger partial charge in [-0.25, -0.2) is 0 Å². The van der Waals surface area contributed by atoms with Crippen molar-refractivity contribution in [3.63, 3.8) is 0 Å². The lowest BCUT2D eigenvalue weighted by molar-refractivity contribution is 0.102. The molecule has 2 aromatic rings. The van der Waals surface area contributed by atoms with Gasteiger partial charge in [-0.3, -0.25) is 4.79 Å². The van der Waals surface area contributed by atoms with Gasteiger partial charge in [0, 0.05) is 16.8 Å². The zero-order chi connectivity index (χ0) is 14.0. The zero-order valence-corrected chi connectivity index (χ0v) is 11.6. The quantitative estimate of drug-likeness (QED) is 0.870. The van der Waals surface area contributed by atoms with E-state index in [1.165, 1.54) is 6.07 Å². The first-order valence-corrected chi connectivity index (χ1v) is 6.29. The Labute approximate surface area is 120 Å². The van der Waals surface area contributed by atoms with Gasteiger partial charge in [0.25, 0.3) is 5.91 Å². The number of carbonyl (C=O) groups excluding carboxylic acids is 1. The van der Waals surface area contributed by atoms with E-state index in [0.717, 1.165) is 0 Å². The molecule has 19 heavy (non-hydrogen) atoms. The van der Waals surface area contributed by atoms with Gasteiger partial charge in [0.05, 0.1) is 10.0 Å². The summed E-state index contributed by atoms with van der Waals surface area (Å²) < 4.78 is 0. The van der Waals surface area contributed by atoms with Gasteiger partial charge in [-0.15, -0.1) is 0 Å². The monoisotopic (exact) mass is 295 g/mol. The minimum atomic E-state index is -0.313.